The van der Waals surface area contributed by atoms with E-state index in [0.717, 1.165) is 50.0 Å². The molecule has 1 aliphatic carbocycles. The molecule has 1 fully saturated rings. The molecule has 4 nitrogen and oxygen atoms in total. The smallest absolute Gasteiger partial charge is 0.0770 e. The largest absolute Gasteiger partial charge is 0.397 e. The second-order valence-corrected chi connectivity index (χ2v) is 4.59. The Labute approximate surface area is 103 Å². The summed E-state index contributed by atoms with van der Waals surface area (Å²) in [5.41, 5.74) is 7.47. The van der Waals surface area contributed by atoms with Crippen molar-refractivity contribution in [3.63, 3.8) is 0 Å². The fourth-order valence-electron chi connectivity index (χ4n) is 1.64. The maximum atomic E-state index is 5.80. The minimum Gasteiger partial charge on any atom is -0.397 e. The molecule has 1 aliphatic rings. The summed E-state index contributed by atoms with van der Waals surface area (Å²) < 4.78 is 5.55. The normalized spacial score (nSPS) is 15.1. The Kier molecular flexibility index (Phi) is 4.76. The van der Waals surface area contributed by atoms with Crippen LogP contribution in [0.5, 0.6) is 0 Å². The lowest BCUT2D eigenvalue weighted by Crippen LogP contribution is -2.18. The first-order chi connectivity index (χ1) is 8.36. The predicted octanol–water partition coefficient (Wildman–Crippen LogP) is 1.57. The number of pyridine rings is 1. The van der Waals surface area contributed by atoms with Crippen molar-refractivity contribution in [1.29, 1.82) is 0 Å². The van der Waals surface area contributed by atoms with Crippen molar-refractivity contribution < 1.29 is 4.74 Å². The van der Waals surface area contributed by atoms with E-state index in [-0.39, 0.29) is 0 Å². The van der Waals surface area contributed by atoms with E-state index in [1.807, 2.05) is 12.1 Å². The molecule has 0 amide bonds. The van der Waals surface area contributed by atoms with E-state index in [2.05, 4.69) is 10.3 Å². The number of nitrogen functional groups attached to an aromatic ring is 1. The van der Waals surface area contributed by atoms with Crippen molar-refractivity contribution in [2.24, 2.45) is 5.92 Å². The van der Waals surface area contributed by atoms with Gasteiger partial charge in [0.2, 0.25) is 0 Å². The standard InChI is InChI=1S/C13H21N3O/c14-12-3-1-7-16-13(12)9-15-6-2-8-17-10-11-4-5-11/h1,3,7,11,15H,2,4-6,8-10,14H2. The predicted molar refractivity (Wildman–Crippen MR) is 68.5 cm³/mol. The summed E-state index contributed by atoms with van der Waals surface area (Å²) >= 11 is 0. The van der Waals surface area contributed by atoms with Crippen LogP contribution in [0.4, 0.5) is 5.69 Å². The van der Waals surface area contributed by atoms with Gasteiger partial charge in [-0.1, -0.05) is 0 Å². The second-order valence-electron chi connectivity index (χ2n) is 4.59. The number of anilines is 1. The molecular formula is C13H21N3O. The van der Waals surface area contributed by atoms with Crippen LogP contribution < -0.4 is 11.1 Å². The molecule has 4 heteroatoms. The van der Waals surface area contributed by atoms with Gasteiger partial charge in [0.05, 0.1) is 11.4 Å². The third-order valence-electron chi connectivity index (χ3n) is 2.91. The lowest BCUT2D eigenvalue weighted by molar-refractivity contribution is 0.122. The number of aromatic nitrogens is 1. The third kappa shape index (κ3) is 4.71. The Bertz CT molecular complexity index is 339. The zero-order valence-electron chi connectivity index (χ0n) is 10.2. The van der Waals surface area contributed by atoms with Crippen molar-refractivity contribution in [3.05, 3.63) is 24.0 Å². The monoisotopic (exact) mass is 235 g/mol. The molecule has 0 aromatic carbocycles. The molecule has 0 saturated heterocycles. The molecule has 0 unspecified atom stereocenters. The molecule has 1 aromatic heterocycles. The number of rotatable bonds is 8. The van der Waals surface area contributed by atoms with E-state index in [1.54, 1.807) is 6.20 Å². The Hall–Kier alpha value is -1.13. The van der Waals surface area contributed by atoms with Gasteiger partial charge in [-0.3, -0.25) is 4.98 Å². The first-order valence-electron chi connectivity index (χ1n) is 6.34. The average Bonchev–Trinajstić information content (AvgIpc) is 3.14. The Morgan fingerprint density at radius 1 is 1.47 bits per heavy atom. The SMILES string of the molecule is Nc1cccnc1CNCCCOCC1CC1. The first-order valence-corrected chi connectivity index (χ1v) is 6.34. The Morgan fingerprint density at radius 3 is 3.12 bits per heavy atom. The highest BCUT2D eigenvalue weighted by Crippen LogP contribution is 2.28. The first kappa shape index (κ1) is 12.3. The number of hydrogen-bond donors (Lipinski definition) is 2. The highest BCUT2D eigenvalue weighted by molar-refractivity contribution is 5.41. The maximum Gasteiger partial charge on any atom is 0.0770 e. The molecule has 2 rings (SSSR count). The summed E-state index contributed by atoms with van der Waals surface area (Å²) in [5, 5.41) is 3.32. The van der Waals surface area contributed by atoms with Crippen LogP contribution in [0.3, 0.4) is 0 Å². The topological polar surface area (TPSA) is 60.2 Å². The van der Waals surface area contributed by atoms with Gasteiger partial charge in [0.15, 0.2) is 0 Å². The second kappa shape index (κ2) is 6.57. The highest BCUT2D eigenvalue weighted by Gasteiger charge is 2.20. The van der Waals surface area contributed by atoms with Crippen molar-refractivity contribution in [2.75, 3.05) is 25.5 Å². The molecule has 0 bridgehead atoms. The van der Waals surface area contributed by atoms with Gasteiger partial charge in [-0.25, -0.2) is 0 Å². The van der Waals surface area contributed by atoms with Gasteiger partial charge in [-0.15, -0.1) is 0 Å². The van der Waals surface area contributed by atoms with E-state index in [9.17, 15) is 0 Å². The van der Waals surface area contributed by atoms with Crippen molar-refractivity contribution in [2.45, 2.75) is 25.8 Å². The molecule has 3 N–H and O–H groups in total. The number of nitrogens with zero attached hydrogens (tertiary/aromatic N) is 1. The van der Waals surface area contributed by atoms with Crippen LogP contribution in [0.25, 0.3) is 0 Å². The fourth-order valence-corrected chi connectivity index (χ4v) is 1.64. The van der Waals surface area contributed by atoms with Gasteiger partial charge in [-0.05, 0) is 43.9 Å². The van der Waals surface area contributed by atoms with Crippen LogP contribution in [0.2, 0.25) is 0 Å². The average molecular weight is 235 g/mol. The molecule has 0 radical (unpaired) electrons. The Morgan fingerprint density at radius 2 is 2.35 bits per heavy atom. The van der Waals surface area contributed by atoms with Crippen LogP contribution >= 0.6 is 0 Å². The minimum atomic E-state index is 0.731. The number of ether oxygens (including phenoxy) is 1. The summed E-state index contributed by atoms with van der Waals surface area (Å²) in [6.07, 6.45) is 5.53. The van der Waals surface area contributed by atoms with Crippen LogP contribution in [0.1, 0.15) is 25.0 Å². The molecule has 1 aromatic rings. The summed E-state index contributed by atoms with van der Waals surface area (Å²) in [6.45, 7) is 3.48. The highest BCUT2D eigenvalue weighted by atomic mass is 16.5. The van der Waals surface area contributed by atoms with E-state index < -0.39 is 0 Å². The van der Waals surface area contributed by atoms with E-state index in [1.165, 1.54) is 12.8 Å². The molecule has 17 heavy (non-hydrogen) atoms. The van der Waals surface area contributed by atoms with Crippen LogP contribution in [-0.4, -0.2) is 24.7 Å². The number of hydrogen-bond acceptors (Lipinski definition) is 4. The van der Waals surface area contributed by atoms with Crippen molar-refractivity contribution in [1.82, 2.24) is 10.3 Å². The quantitative estimate of drug-likeness (QED) is 0.671. The molecular weight excluding hydrogens is 214 g/mol. The zero-order chi connectivity index (χ0) is 11.9. The molecule has 0 spiro atoms. The fraction of sp³-hybridized carbons (Fsp3) is 0.615. The summed E-state index contributed by atoms with van der Waals surface area (Å²) in [4.78, 5) is 4.22. The third-order valence-corrected chi connectivity index (χ3v) is 2.91. The number of nitrogens with two attached hydrogens (primary N) is 1. The molecule has 0 atom stereocenters. The molecule has 0 aliphatic heterocycles. The number of nitrogens with one attached hydrogen (secondary N) is 1. The van der Waals surface area contributed by atoms with Gasteiger partial charge in [0.25, 0.3) is 0 Å². The van der Waals surface area contributed by atoms with Crippen LogP contribution in [0.15, 0.2) is 18.3 Å². The lowest BCUT2D eigenvalue weighted by atomic mass is 10.3. The van der Waals surface area contributed by atoms with Crippen molar-refractivity contribution in [3.8, 4) is 0 Å². The van der Waals surface area contributed by atoms with Gasteiger partial charge in [-0.2, -0.15) is 0 Å². The summed E-state index contributed by atoms with van der Waals surface area (Å²) in [7, 11) is 0. The molecule has 1 heterocycles. The van der Waals surface area contributed by atoms with E-state index in [0.29, 0.717) is 0 Å². The van der Waals surface area contributed by atoms with E-state index >= 15 is 0 Å². The van der Waals surface area contributed by atoms with Crippen LogP contribution in [0, 0.1) is 5.92 Å². The zero-order valence-corrected chi connectivity index (χ0v) is 10.2. The van der Waals surface area contributed by atoms with Crippen molar-refractivity contribution >= 4 is 5.69 Å². The van der Waals surface area contributed by atoms with Gasteiger partial charge < -0.3 is 15.8 Å². The van der Waals surface area contributed by atoms with Gasteiger partial charge >= 0.3 is 0 Å². The lowest BCUT2D eigenvalue weighted by Gasteiger charge is -2.06. The van der Waals surface area contributed by atoms with Gasteiger partial charge in [0.1, 0.15) is 0 Å². The van der Waals surface area contributed by atoms with Crippen LogP contribution in [-0.2, 0) is 11.3 Å². The maximum absolute atomic E-state index is 5.80. The van der Waals surface area contributed by atoms with Gasteiger partial charge in [0, 0.05) is 26.0 Å². The minimum absolute atomic E-state index is 0.731. The molecule has 94 valence electrons. The Balaban J connectivity index is 1.49. The van der Waals surface area contributed by atoms with E-state index in [4.69, 9.17) is 10.5 Å². The molecule has 1 saturated carbocycles. The summed E-state index contributed by atoms with van der Waals surface area (Å²) in [6, 6.07) is 3.73. The summed E-state index contributed by atoms with van der Waals surface area (Å²) in [5.74, 6) is 0.858.